The Morgan fingerprint density at radius 3 is 2.28 bits per heavy atom. The third-order valence-electron chi connectivity index (χ3n) is 5.16. The third-order valence-corrected chi connectivity index (χ3v) is 7.06. The summed E-state index contributed by atoms with van der Waals surface area (Å²) in [7, 11) is -3.65. The van der Waals surface area contributed by atoms with Gasteiger partial charge in [0.05, 0.1) is 18.1 Å². The maximum absolute atomic E-state index is 12.9. The van der Waals surface area contributed by atoms with Gasteiger partial charge in [0.25, 0.3) is 5.91 Å². The lowest BCUT2D eigenvalue weighted by Gasteiger charge is -2.26. The SMILES string of the molecule is Cc1ccc(S(=O)(=O)N2CCOCC2)cc1NC(=O)c1ccc(Oc2ccccc2)cc1. The van der Waals surface area contributed by atoms with E-state index in [2.05, 4.69) is 5.32 Å². The van der Waals surface area contributed by atoms with Crippen molar-refractivity contribution >= 4 is 21.6 Å². The minimum absolute atomic E-state index is 0.145. The number of anilines is 1. The molecule has 0 unspecified atom stereocenters. The van der Waals surface area contributed by atoms with Crippen LogP contribution in [-0.2, 0) is 14.8 Å². The predicted octanol–water partition coefficient (Wildman–Crippen LogP) is 4.06. The molecule has 32 heavy (non-hydrogen) atoms. The van der Waals surface area contributed by atoms with E-state index in [0.717, 1.165) is 5.56 Å². The number of nitrogens with one attached hydrogen (secondary N) is 1. The molecule has 3 aromatic rings. The summed E-state index contributed by atoms with van der Waals surface area (Å²) in [5, 5.41) is 2.82. The lowest BCUT2D eigenvalue weighted by molar-refractivity contribution is 0.0730. The van der Waals surface area contributed by atoms with Gasteiger partial charge in [-0.05, 0) is 61.0 Å². The first-order valence-electron chi connectivity index (χ1n) is 10.3. The molecule has 3 aromatic carbocycles. The van der Waals surface area contributed by atoms with Crippen LogP contribution in [0.3, 0.4) is 0 Å². The molecular weight excluding hydrogens is 428 g/mol. The van der Waals surface area contributed by atoms with Gasteiger partial charge in [-0.15, -0.1) is 0 Å². The zero-order chi connectivity index (χ0) is 22.6. The molecule has 0 bridgehead atoms. The van der Waals surface area contributed by atoms with Gasteiger partial charge in [-0.1, -0.05) is 24.3 Å². The Balaban J connectivity index is 1.48. The van der Waals surface area contributed by atoms with Crippen LogP contribution in [0.2, 0.25) is 0 Å². The molecule has 8 heteroatoms. The number of aryl methyl sites for hydroxylation is 1. The molecule has 1 fully saturated rings. The van der Waals surface area contributed by atoms with Crippen molar-refractivity contribution in [1.82, 2.24) is 4.31 Å². The molecule has 1 heterocycles. The van der Waals surface area contributed by atoms with E-state index in [4.69, 9.17) is 9.47 Å². The van der Waals surface area contributed by atoms with Crippen molar-refractivity contribution in [3.8, 4) is 11.5 Å². The maximum atomic E-state index is 12.9. The van der Waals surface area contributed by atoms with E-state index in [0.29, 0.717) is 49.1 Å². The third kappa shape index (κ3) is 4.99. The number of ether oxygens (including phenoxy) is 2. The molecule has 0 spiro atoms. The molecular formula is C24H24N2O5S. The molecule has 1 aliphatic heterocycles. The average Bonchev–Trinajstić information content (AvgIpc) is 2.82. The smallest absolute Gasteiger partial charge is 0.255 e. The highest BCUT2D eigenvalue weighted by Crippen LogP contribution is 2.25. The van der Waals surface area contributed by atoms with Crippen molar-refractivity contribution in [2.24, 2.45) is 0 Å². The first-order chi connectivity index (χ1) is 15.4. The Morgan fingerprint density at radius 1 is 0.938 bits per heavy atom. The van der Waals surface area contributed by atoms with Crippen LogP contribution in [-0.4, -0.2) is 44.9 Å². The minimum Gasteiger partial charge on any atom is -0.457 e. The fourth-order valence-corrected chi connectivity index (χ4v) is 4.76. The van der Waals surface area contributed by atoms with Crippen LogP contribution in [0.5, 0.6) is 11.5 Å². The second-order valence-electron chi connectivity index (χ2n) is 7.39. The number of nitrogens with zero attached hydrogens (tertiary/aromatic N) is 1. The van der Waals surface area contributed by atoms with Gasteiger partial charge in [0.1, 0.15) is 11.5 Å². The topological polar surface area (TPSA) is 84.9 Å². The second kappa shape index (κ2) is 9.52. The summed E-state index contributed by atoms with van der Waals surface area (Å²) in [5.74, 6) is 0.987. The highest BCUT2D eigenvalue weighted by atomic mass is 32.2. The number of carbonyl (C=O) groups excluding carboxylic acids is 1. The fourth-order valence-electron chi connectivity index (χ4n) is 3.33. The van der Waals surface area contributed by atoms with Crippen LogP contribution in [0.25, 0.3) is 0 Å². The summed E-state index contributed by atoms with van der Waals surface area (Å²) in [6.45, 7) is 3.19. The Kier molecular flexibility index (Phi) is 6.55. The van der Waals surface area contributed by atoms with E-state index >= 15 is 0 Å². The van der Waals surface area contributed by atoms with Gasteiger partial charge in [-0.25, -0.2) is 8.42 Å². The highest BCUT2D eigenvalue weighted by Gasteiger charge is 2.27. The molecule has 7 nitrogen and oxygen atoms in total. The Bertz CT molecular complexity index is 1190. The molecule has 1 N–H and O–H groups in total. The van der Waals surface area contributed by atoms with Crippen molar-refractivity contribution in [2.45, 2.75) is 11.8 Å². The van der Waals surface area contributed by atoms with E-state index in [1.54, 1.807) is 36.4 Å². The second-order valence-corrected chi connectivity index (χ2v) is 9.32. The zero-order valence-electron chi connectivity index (χ0n) is 17.7. The van der Waals surface area contributed by atoms with Crippen molar-refractivity contribution in [3.63, 3.8) is 0 Å². The number of hydrogen-bond donors (Lipinski definition) is 1. The maximum Gasteiger partial charge on any atom is 0.255 e. The van der Waals surface area contributed by atoms with E-state index in [1.807, 2.05) is 37.3 Å². The van der Waals surface area contributed by atoms with Crippen molar-refractivity contribution in [2.75, 3.05) is 31.6 Å². The number of amides is 1. The van der Waals surface area contributed by atoms with E-state index < -0.39 is 10.0 Å². The molecule has 0 saturated carbocycles. The number of hydrogen-bond acceptors (Lipinski definition) is 5. The van der Waals surface area contributed by atoms with Crippen LogP contribution in [0.1, 0.15) is 15.9 Å². The standard InChI is InChI=1S/C24H24N2O5S/c1-18-7-12-22(32(28,29)26-13-15-30-16-14-26)17-23(18)25-24(27)19-8-10-21(11-9-19)31-20-5-3-2-4-6-20/h2-12,17H,13-16H2,1H3,(H,25,27). The normalized spacial score (nSPS) is 14.7. The lowest BCUT2D eigenvalue weighted by atomic mass is 10.1. The quantitative estimate of drug-likeness (QED) is 0.610. The summed E-state index contributed by atoms with van der Waals surface area (Å²) in [6, 6.07) is 20.9. The summed E-state index contributed by atoms with van der Waals surface area (Å²) in [6.07, 6.45) is 0. The number of morpholine rings is 1. The van der Waals surface area contributed by atoms with Crippen molar-refractivity contribution in [3.05, 3.63) is 83.9 Å². The minimum atomic E-state index is -3.65. The van der Waals surface area contributed by atoms with Gasteiger partial charge in [0.15, 0.2) is 0 Å². The summed E-state index contributed by atoms with van der Waals surface area (Å²) in [4.78, 5) is 12.9. The highest BCUT2D eigenvalue weighted by molar-refractivity contribution is 7.89. The summed E-state index contributed by atoms with van der Waals surface area (Å²) < 4.78 is 38.3. The molecule has 0 aromatic heterocycles. The molecule has 0 aliphatic carbocycles. The number of sulfonamides is 1. The largest absolute Gasteiger partial charge is 0.457 e. The monoisotopic (exact) mass is 452 g/mol. The van der Waals surface area contributed by atoms with Crippen LogP contribution >= 0.6 is 0 Å². The van der Waals surface area contributed by atoms with Crippen molar-refractivity contribution in [1.29, 1.82) is 0 Å². The van der Waals surface area contributed by atoms with Crippen LogP contribution in [0, 0.1) is 6.92 Å². The zero-order valence-corrected chi connectivity index (χ0v) is 18.5. The molecule has 4 rings (SSSR count). The first-order valence-corrected chi connectivity index (χ1v) is 11.7. The van der Waals surface area contributed by atoms with E-state index in [9.17, 15) is 13.2 Å². The molecule has 0 atom stereocenters. The number of rotatable bonds is 6. The Hall–Kier alpha value is -3.20. The van der Waals surface area contributed by atoms with Gasteiger partial charge in [0.2, 0.25) is 10.0 Å². The van der Waals surface area contributed by atoms with Gasteiger partial charge < -0.3 is 14.8 Å². The van der Waals surface area contributed by atoms with Gasteiger partial charge in [0, 0.05) is 24.3 Å². The molecule has 1 amide bonds. The molecule has 1 saturated heterocycles. The lowest BCUT2D eigenvalue weighted by Crippen LogP contribution is -2.40. The Labute approximate surface area is 187 Å². The average molecular weight is 453 g/mol. The number of para-hydroxylation sites is 1. The van der Waals surface area contributed by atoms with Crippen LogP contribution in [0.15, 0.2) is 77.7 Å². The van der Waals surface area contributed by atoms with Gasteiger partial charge in [-0.2, -0.15) is 4.31 Å². The van der Waals surface area contributed by atoms with Crippen LogP contribution < -0.4 is 10.1 Å². The van der Waals surface area contributed by atoms with Gasteiger partial charge in [-0.3, -0.25) is 4.79 Å². The van der Waals surface area contributed by atoms with Crippen LogP contribution in [0.4, 0.5) is 5.69 Å². The van der Waals surface area contributed by atoms with Crippen molar-refractivity contribution < 1.29 is 22.7 Å². The van der Waals surface area contributed by atoms with E-state index in [-0.39, 0.29) is 10.8 Å². The molecule has 1 aliphatic rings. The summed E-state index contributed by atoms with van der Waals surface area (Å²) >= 11 is 0. The predicted molar refractivity (Wildman–Crippen MR) is 122 cm³/mol. The number of carbonyl (C=O) groups is 1. The number of benzene rings is 3. The van der Waals surface area contributed by atoms with E-state index in [1.165, 1.54) is 10.4 Å². The summed E-state index contributed by atoms with van der Waals surface area (Å²) in [5.41, 5.74) is 1.66. The molecule has 166 valence electrons. The fraction of sp³-hybridized carbons (Fsp3) is 0.208. The van der Waals surface area contributed by atoms with Gasteiger partial charge >= 0.3 is 0 Å². The first kappa shape index (κ1) is 22.0. The molecule has 0 radical (unpaired) electrons. The Morgan fingerprint density at radius 2 is 1.59 bits per heavy atom.